The molecule has 9 atom stereocenters. The number of hydrogen-bond acceptors (Lipinski definition) is 9. The van der Waals surface area contributed by atoms with Crippen LogP contribution in [0, 0.1) is 5.92 Å². The van der Waals surface area contributed by atoms with Crippen LogP contribution in [0.15, 0.2) is 10.2 Å². The summed E-state index contributed by atoms with van der Waals surface area (Å²) in [5, 5.41) is 11.5. The molecule has 40 heavy (non-hydrogen) atoms. The average molecular weight is 697 g/mol. The van der Waals surface area contributed by atoms with Gasteiger partial charge in [-0.3, -0.25) is 9.59 Å². The van der Waals surface area contributed by atoms with Crippen molar-refractivity contribution in [2.75, 3.05) is 14.2 Å². The van der Waals surface area contributed by atoms with Crippen LogP contribution in [0.1, 0.15) is 72.6 Å². The maximum Gasteiger partial charge on any atom is 0.308 e. The number of fused-ring (bicyclic) bond motifs is 2. The number of allylic oxidation sites excluding steroid dienone is 1. The summed E-state index contributed by atoms with van der Waals surface area (Å²) >= 11 is 2.21. The molecule has 0 aromatic rings. The van der Waals surface area contributed by atoms with Gasteiger partial charge >= 0.3 is 5.97 Å². The van der Waals surface area contributed by atoms with Crippen molar-refractivity contribution in [3.05, 3.63) is 10.2 Å². The lowest BCUT2D eigenvalue weighted by atomic mass is 9.87. The van der Waals surface area contributed by atoms with Crippen molar-refractivity contribution < 1.29 is 42.8 Å². The van der Waals surface area contributed by atoms with Crippen molar-refractivity contribution in [1.82, 2.24) is 0 Å². The van der Waals surface area contributed by atoms with E-state index in [-0.39, 0.29) is 41.8 Å². The first-order valence-corrected chi connectivity index (χ1v) is 18.3. The fourth-order valence-corrected chi connectivity index (χ4v) is 7.68. The van der Waals surface area contributed by atoms with Gasteiger partial charge in [0.15, 0.2) is 8.32 Å². The molecule has 230 valence electrons. The molecular formula is C29H49IO9Si. The van der Waals surface area contributed by atoms with Gasteiger partial charge in [0.2, 0.25) is 5.79 Å². The summed E-state index contributed by atoms with van der Waals surface area (Å²) in [6.07, 6.45) is -1.16. The molecule has 3 aliphatic rings. The fraction of sp³-hybridized carbons (Fsp3) is 0.862. The number of rotatable bonds is 12. The quantitative estimate of drug-likeness (QED) is 0.170. The predicted octanol–water partition coefficient (Wildman–Crippen LogP) is 5.07. The molecule has 1 N–H and O–H groups in total. The summed E-state index contributed by atoms with van der Waals surface area (Å²) < 4.78 is 38.1. The third kappa shape index (κ3) is 7.75. The number of carbonyl (C=O) groups excluding carboxylic acids is 2. The number of ketones is 1. The van der Waals surface area contributed by atoms with E-state index in [0.717, 1.165) is 16.4 Å². The van der Waals surface area contributed by atoms with Gasteiger partial charge in [-0.1, -0.05) is 34.3 Å². The van der Waals surface area contributed by atoms with Crippen LogP contribution in [0.25, 0.3) is 0 Å². The molecule has 3 fully saturated rings. The Hall–Kier alpha value is -0.413. The Morgan fingerprint density at radius 3 is 2.40 bits per heavy atom. The Bertz CT molecular complexity index is 922. The van der Waals surface area contributed by atoms with Crippen LogP contribution >= 0.6 is 22.6 Å². The summed E-state index contributed by atoms with van der Waals surface area (Å²) in [5.74, 6) is -1.59. The highest BCUT2D eigenvalue weighted by atomic mass is 127. The van der Waals surface area contributed by atoms with Crippen molar-refractivity contribution in [3.63, 3.8) is 0 Å². The van der Waals surface area contributed by atoms with E-state index >= 15 is 0 Å². The molecule has 0 aliphatic carbocycles. The first kappa shape index (κ1) is 34.1. The predicted molar refractivity (Wildman–Crippen MR) is 162 cm³/mol. The van der Waals surface area contributed by atoms with Gasteiger partial charge in [0.25, 0.3) is 0 Å². The summed E-state index contributed by atoms with van der Waals surface area (Å²) in [7, 11) is 0.478. The molecule has 0 aromatic heterocycles. The standard InChI is InChI=1S/C29H49IO9Si/c1-17(14-18(2)30)10-11-19(31)16-29(35-7)27(33)26-24(38-29)25(39-40(8,9)28(3,4)5)23-21(37-26)13-12-20(36-23)15-22(32)34-6/h17,20-21,23-27,33H,2,10-16H2,1,3-9H3/t17-,20?,21+,23?,24+,25?,26?,27-,29-/m1/s1. The van der Waals surface area contributed by atoms with Crippen molar-refractivity contribution in [2.24, 2.45) is 5.92 Å². The van der Waals surface area contributed by atoms with Crippen LogP contribution in [-0.4, -0.2) is 87.9 Å². The maximum atomic E-state index is 13.1. The molecule has 4 unspecified atom stereocenters. The largest absolute Gasteiger partial charge is 0.469 e. The van der Waals surface area contributed by atoms with E-state index < -0.39 is 44.6 Å². The summed E-state index contributed by atoms with van der Waals surface area (Å²) in [6.45, 7) is 16.8. The number of ether oxygens (including phenoxy) is 5. The SMILES string of the molecule is C=C(I)C[C@H](C)CCC(=O)C[C@@]1(OC)O[C@H]2C(O[Si](C)(C)C(C)(C)C)C3OC(CC(=O)OC)CC[C@@H]3OC2[C@H]1O. The third-order valence-electron chi connectivity index (χ3n) is 9.02. The third-order valence-corrected chi connectivity index (χ3v) is 13.9. The van der Waals surface area contributed by atoms with E-state index in [1.807, 2.05) is 0 Å². The molecular weight excluding hydrogens is 647 g/mol. The lowest BCUT2D eigenvalue weighted by Crippen LogP contribution is -2.64. The van der Waals surface area contributed by atoms with Gasteiger partial charge in [-0.05, 0) is 75.9 Å². The molecule has 0 bridgehead atoms. The van der Waals surface area contributed by atoms with Gasteiger partial charge in [-0.25, -0.2) is 0 Å². The Morgan fingerprint density at radius 1 is 1.15 bits per heavy atom. The van der Waals surface area contributed by atoms with E-state index in [1.165, 1.54) is 14.2 Å². The summed E-state index contributed by atoms with van der Waals surface area (Å²) in [4.78, 5) is 25.2. The second-order valence-corrected chi connectivity index (χ2v) is 19.5. The van der Waals surface area contributed by atoms with Gasteiger partial charge in [0, 0.05) is 13.5 Å². The molecule has 3 saturated heterocycles. The number of esters is 1. The number of carbonyl (C=O) groups is 2. The number of hydrogen-bond donors (Lipinski definition) is 1. The molecule has 11 heteroatoms. The lowest BCUT2D eigenvalue weighted by Gasteiger charge is -2.51. The van der Waals surface area contributed by atoms with Crippen LogP contribution in [0.5, 0.6) is 0 Å². The Morgan fingerprint density at radius 2 is 1.82 bits per heavy atom. The molecule has 0 spiro atoms. The van der Waals surface area contributed by atoms with Crippen LogP contribution in [-0.2, 0) is 37.7 Å². The second-order valence-electron chi connectivity index (χ2n) is 13.2. The Kier molecular flexibility index (Phi) is 11.5. The van der Waals surface area contributed by atoms with Gasteiger partial charge in [0.1, 0.15) is 36.3 Å². The van der Waals surface area contributed by atoms with Gasteiger partial charge in [-0.2, -0.15) is 0 Å². The number of methoxy groups -OCH3 is 2. The number of aliphatic hydroxyl groups is 1. The Labute approximate surface area is 254 Å². The minimum absolute atomic E-state index is 0.0425. The van der Waals surface area contributed by atoms with Crippen molar-refractivity contribution in [3.8, 4) is 0 Å². The highest BCUT2D eigenvalue weighted by molar-refractivity contribution is 14.1. The monoisotopic (exact) mass is 696 g/mol. The number of halogens is 1. The number of aliphatic hydroxyl groups excluding tert-OH is 1. The van der Waals surface area contributed by atoms with Gasteiger partial charge in [0.05, 0.1) is 32.2 Å². The fourth-order valence-electron chi connectivity index (χ4n) is 5.63. The van der Waals surface area contributed by atoms with Crippen molar-refractivity contribution in [2.45, 2.75) is 139 Å². The topological polar surface area (TPSA) is 110 Å². The van der Waals surface area contributed by atoms with E-state index in [2.05, 4.69) is 70.0 Å². The van der Waals surface area contributed by atoms with E-state index in [9.17, 15) is 14.7 Å². The van der Waals surface area contributed by atoms with Gasteiger partial charge in [-0.15, -0.1) is 0 Å². The van der Waals surface area contributed by atoms with Crippen LogP contribution in [0.3, 0.4) is 0 Å². The van der Waals surface area contributed by atoms with Crippen LogP contribution in [0.2, 0.25) is 18.1 Å². The maximum absolute atomic E-state index is 13.1. The molecule has 3 aliphatic heterocycles. The van der Waals surface area contributed by atoms with E-state index in [1.54, 1.807) is 0 Å². The second kappa shape index (κ2) is 13.5. The molecule has 0 amide bonds. The minimum atomic E-state index is -2.34. The molecule has 3 heterocycles. The molecule has 9 nitrogen and oxygen atoms in total. The summed E-state index contributed by atoms with van der Waals surface area (Å²) in [6, 6.07) is 0. The van der Waals surface area contributed by atoms with E-state index in [4.69, 9.17) is 28.1 Å². The summed E-state index contributed by atoms with van der Waals surface area (Å²) in [5.41, 5.74) is 0. The molecule has 0 saturated carbocycles. The smallest absolute Gasteiger partial charge is 0.308 e. The van der Waals surface area contributed by atoms with Crippen molar-refractivity contribution in [1.29, 1.82) is 0 Å². The Balaban J connectivity index is 1.86. The zero-order valence-corrected chi connectivity index (χ0v) is 28.5. The first-order valence-electron chi connectivity index (χ1n) is 14.3. The number of Topliss-reactive ketones (excluding diaryl/α,β-unsaturated/α-hetero) is 1. The highest BCUT2D eigenvalue weighted by Crippen LogP contribution is 2.48. The van der Waals surface area contributed by atoms with Crippen LogP contribution < -0.4 is 0 Å². The zero-order valence-electron chi connectivity index (χ0n) is 25.4. The lowest BCUT2D eigenvalue weighted by molar-refractivity contribution is -0.274. The van der Waals surface area contributed by atoms with Crippen molar-refractivity contribution >= 4 is 42.7 Å². The van der Waals surface area contributed by atoms with E-state index in [0.29, 0.717) is 25.2 Å². The first-order chi connectivity index (χ1) is 18.5. The zero-order chi connectivity index (χ0) is 30.0. The highest BCUT2D eigenvalue weighted by Gasteiger charge is 2.65. The van der Waals surface area contributed by atoms with Crippen LogP contribution in [0.4, 0.5) is 0 Å². The minimum Gasteiger partial charge on any atom is -0.469 e. The molecule has 3 rings (SSSR count). The average Bonchev–Trinajstić information content (AvgIpc) is 3.13. The molecule has 0 radical (unpaired) electrons. The molecule has 0 aromatic carbocycles. The normalized spacial score (nSPS) is 35.0. The van der Waals surface area contributed by atoms with Gasteiger partial charge < -0.3 is 33.2 Å².